The first-order valence-electron chi connectivity index (χ1n) is 22.8. The Hall–Kier alpha value is -3.28. The van der Waals surface area contributed by atoms with E-state index in [1.165, 1.54) is 0 Å². The van der Waals surface area contributed by atoms with Crippen molar-refractivity contribution in [2.45, 2.75) is 180 Å². The van der Waals surface area contributed by atoms with Crippen molar-refractivity contribution in [1.29, 1.82) is 0 Å². The second-order valence-electron chi connectivity index (χ2n) is 18.2. The number of nitrogens with two attached hydrogens (primary N) is 2. The van der Waals surface area contributed by atoms with Gasteiger partial charge in [-0.2, -0.15) is 0 Å². The van der Waals surface area contributed by atoms with Crippen LogP contribution in [0.3, 0.4) is 0 Å². The summed E-state index contributed by atoms with van der Waals surface area (Å²) in [6, 6.07) is -2.99. The van der Waals surface area contributed by atoms with Gasteiger partial charge in [0.15, 0.2) is 0 Å². The third kappa shape index (κ3) is 27.9. The van der Waals surface area contributed by atoms with Gasteiger partial charge >= 0.3 is 297 Å². The minimum atomic E-state index is -0.997. The van der Waals surface area contributed by atoms with Gasteiger partial charge in [0.05, 0.1) is 12.8 Å². The second kappa shape index (κ2) is 33.2. The molecule has 12 N–H and O–H groups in total. The Morgan fingerprint density at radius 3 is 1.05 bits per heavy atom. The summed E-state index contributed by atoms with van der Waals surface area (Å²) in [5.41, 5.74) is 12.0. The Morgan fingerprint density at radius 2 is 0.781 bits per heavy atom. The molecule has 0 rings (SSSR count). The molecule has 0 fully saturated rings. The van der Waals surface area contributed by atoms with Crippen LogP contribution in [0.25, 0.3) is 0 Å². The Bertz CT molecular complexity index is 1370. The second-order valence-corrected chi connectivity index (χ2v) is 25.7. The fraction of sp³-hybridized carbons (Fsp3) is 0.818. The van der Waals surface area contributed by atoms with Crippen molar-refractivity contribution >= 4 is 73.6 Å². The molecule has 0 radical (unpaired) electrons. The number of hydrogen-bond acceptors (Lipinski definition) is 10. The molecule has 2 unspecified atom stereocenters. The summed E-state index contributed by atoms with van der Waals surface area (Å²) in [7, 11) is 0. The van der Waals surface area contributed by atoms with Gasteiger partial charge in [0.1, 0.15) is 0 Å². The van der Waals surface area contributed by atoms with E-state index in [1.807, 2.05) is 55.4 Å². The number of carbonyl (C=O) groups excluding carboxylic acids is 6. The molecule has 0 aliphatic carbocycles. The molecule has 0 heterocycles. The number of amides is 6. The van der Waals surface area contributed by atoms with Crippen LogP contribution in [0.15, 0.2) is 0 Å². The van der Waals surface area contributed by atoms with Crippen LogP contribution < -0.4 is 43.4 Å². The number of carbonyl (C=O) groups is 8. The molecule has 64 heavy (non-hydrogen) atoms. The van der Waals surface area contributed by atoms with Crippen molar-refractivity contribution in [3.63, 3.8) is 0 Å². The predicted molar refractivity (Wildman–Crippen MR) is 250 cm³/mol. The third-order valence-corrected chi connectivity index (χ3v) is 18.3. The van der Waals surface area contributed by atoms with Crippen LogP contribution in [0.1, 0.15) is 133 Å². The summed E-state index contributed by atoms with van der Waals surface area (Å²) in [5, 5.41) is 37.0. The topological polar surface area (TPSA) is 301 Å². The molecule has 20 heteroatoms. The molecule has 10 atom stereocenters. The van der Waals surface area contributed by atoms with E-state index in [0.717, 1.165) is 0 Å². The van der Waals surface area contributed by atoms with Crippen molar-refractivity contribution in [2.75, 3.05) is 13.1 Å². The van der Waals surface area contributed by atoms with E-state index in [2.05, 4.69) is 31.9 Å². The Kier molecular flexibility index (Phi) is 31.5. The molecular formula is C44H82N8O10Se2. The quantitative estimate of drug-likeness (QED) is 0.0322. The van der Waals surface area contributed by atoms with Gasteiger partial charge in [0.25, 0.3) is 0 Å². The molecule has 0 aliphatic rings. The van der Waals surface area contributed by atoms with Gasteiger partial charge in [-0.25, -0.2) is 0 Å². The summed E-state index contributed by atoms with van der Waals surface area (Å²) in [5.74, 6) is -4.51. The van der Waals surface area contributed by atoms with Crippen molar-refractivity contribution in [3.8, 4) is 0 Å². The molecule has 0 aromatic carbocycles. The summed E-state index contributed by atoms with van der Waals surface area (Å²) in [4.78, 5) is 101. The van der Waals surface area contributed by atoms with Crippen LogP contribution in [0.5, 0.6) is 0 Å². The van der Waals surface area contributed by atoms with Crippen molar-refractivity contribution in [3.05, 3.63) is 0 Å². The normalized spacial score (nSPS) is 16.2. The number of rotatable bonds is 35. The zero-order valence-corrected chi connectivity index (χ0v) is 43.4. The SMILES string of the molecule is CCC(C)[C@H](CC(=O)O)NC(=O)C[C@H](CC(C)C)NC(=O)C[C@H](C)NC(=O)[C@H](CN)C[Se][Se]C[C@@H](CN)C(=O)N[C@@H](C)CC(=O)N[C@H](CC(=O)N[C@@H](CC(=O)O)C(C)CC)CC(C)C. The van der Waals surface area contributed by atoms with Crippen LogP contribution in [0.2, 0.25) is 10.6 Å². The molecular weight excluding hydrogens is 958 g/mol. The molecule has 0 aromatic heterocycles. The first-order valence-corrected chi connectivity index (χ1v) is 29.6. The number of carboxylic acid groups (broad SMARTS) is 2. The van der Waals surface area contributed by atoms with Gasteiger partial charge < -0.3 is 10.2 Å². The van der Waals surface area contributed by atoms with Crippen LogP contribution in [-0.2, 0) is 38.4 Å². The van der Waals surface area contributed by atoms with Crippen molar-refractivity contribution < 1.29 is 48.6 Å². The van der Waals surface area contributed by atoms with Crippen LogP contribution in [-0.4, -0.2) is 133 Å². The van der Waals surface area contributed by atoms with E-state index in [-0.39, 0.29) is 137 Å². The molecule has 0 bridgehead atoms. The van der Waals surface area contributed by atoms with E-state index >= 15 is 0 Å². The van der Waals surface area contributed by atoms with Gasteiger partial charge in [-0.3, -0.25) is 9.59 Å². The number of carboxylic acids is 2. The fourth-order valence-corrected chi connectivity index (χ4v) is 14.9. The van der Waals surface area contributed by atoms with Crippen LogP contribution >= 0.6 is 0 Å². The maximum atomic E-state index is 13.2. The average Bonchev–Trinajstić information content (AvgIpc) is 3.16. The van der Waals surface area contributed by atoms with E-state index < -0.39 is 60.0 Å². The van der Waals surface area contributed by atoms with E-state index in [0.29, 0.717) is 36.3 Å². The molecule has 6 amide bonds. The summed E-state index contributed by atoms with van der Waals surface area (Å²) < 4.78 is 0. The summed E-state index contributed by atoms with van der Waals surface area (Å²) in [6.07, 6.45) is 2.08. The number of nitrogens with one attached hydrogen (secondary N) is 6. The molecule has 0 aromatic rings. The number of hydrogen-bond donors (Lipinski definition) is 10. The fourth-order valence-electron chi connectivity index (χ4n) is 6.95. The number of aliphatic carboxylic acids is 2. The third-order valence-electron chi connectivity index (χ3n) is 10.9. The average molecular weight is 1040 g/mol. The summed E-state index contributed by atoms with van der Waals surface area (Å²) in [6.45, 7) is 19.2. The van der Waals surface area contributed by atoms with E-state index in [1.54, 1.807) is 13.8 Å². The Morgan fingerprint density at radius 1 is 0.469 bits per heavy atom. The standard InChI is InChI=1S/C44H82N8O10Se2/c1-11-27(7)35(19-41(57)58)51-39(55)17-33(13-25(3)4)49-37(53)15-29(9)47-43(61)31(21-45)23-63-64-24-32(22-46)44(62)48-30(10)16-38(54)50-34(14-26(5)6)18-40(56)52-36(20-42(59)60)28(8)12-2/h25-36H,11-24,45-46H2,1-10H3,(H,47,61)(H,48,62)(H,49,53)(H,50,54)(H,51,55)(H,52,56)(H,57,58)(H,59,60)/t27?,28?,29-,30-,31+,32+,33-,34-,35-,36-/m0/s1. The van der Waals surface area contributed by atoms with Crippen LogP contribution in [0.4, 0.5) is 0 Å². The molecule has 0 saturated carbocycles. The van der Waals surface area contributed by atoms with Gasteiger partial charge in [-0.05, 0) is 11.8 Å². The van der Waals surface area contributed by atoms with Gasteiger partial charge in [-0.1, -0.05) is 40.5 Å². The first kappa shape index (κ1) is 60.7. The molecule has 18 nitrogen and oxygen atoms in total. The Balaban J connectivity index is 5.07. The Labute approximate surface area is 392 Å². The van der Waals surface area contributed by atoms with Gasteiger partial charge in [0.2, 0.25) is 0 Å². The predicted octanol–water partition coefficient (Wildman–Crippen LogP) is 1.94. The minimum absolute atomic E-state index is 0.000495. The van der Waals surface area contributed by atoms with Gasteiger partial charge in [0, 0.05) is 12.1 Å². The molecule has 0 saturated heterocycles. The summed E-state index contributed by atoms with van der Waals surface area (Å²) >= 11 is 0.0222. The van der Waals surface area contributed by atoms with Crippen molar-refractivity contribution in [1.82, 2.24) is 31.9 Å². The van der Waals surface area contributed by atoms with E-state index in [9.17, 15) is 48.6 Å². The zero-order valence-electron chi connectivity index (χ0n) is 40.0. The van der Waals surface area contributed by atoms with Gasteiger partial charge in [-0.15, -0.1) is 0 Å². The monoisotopic (exact) mass is 1040 g/mol. The molecule has 370 valence electrons. The van der Waals surface area contributed by atoms with Crippen LogP contribution in [0, 0.1) is 35.5 Å². The molecule has 0 aliphatic heterocycles. The maximum absolute atomic E-state index is 13.2. The van der Waals surface area contributed by atoms with E-state index in [4.69, 9.17) is 11.5 Å². The molecule has 0 spiro atoms. The van der Waals surface area contributed by atoms with Crippen molar-refractivity contribution in [2.24, 2.45) is 47.0 Å². The first-order chi connectivity index (χ1) is 29.9. The zero-order chi connectivity index (χ0) is 49.1.